The SMILES string of the molecule is CC1CC(O)C2C(C=O)=COC(OC3OC(CO)C(O)C(O)C3O)C12. The predicted molar refractivity (Wildman–Crippen MR) is 80.6 cm³/mol. The second-order valence-corrected chi connectivity index (χ2v) is 6.96. The van der Waals surface area contributed by atoms with E-state index in [0.717, 1.165) is 0 Å². The summed E-state index contributed by atoms with van der Waals surface area (Å²) in [5.74, 6) is -0.803. The zero-order valence-electron chi connectivity index (χ0n) is 13.7. The zero-order valence-corrected chi connectivity index (χ0v) is 13.7. The number of aliphatic hydroxyl groups excluding tert-OH is 5. The first-order valence-electron chi connectivity index (χ1n) is 8.33. The Morgan fingerprint density at radius 1 is 1.20 bits per heavy atom. The van der Waals surface area contributed by atoms with E-state index in [2.05, 4.69) is 0 Å². The highest BCUT2D eigenvalue weighted by Gasteiger charge is 2.52. The van der Waals surface area contributed by atoms with Gasteiger partial charge in [-0.15, -0.1) is 0 Å². The third kappa shape index (κ3) is 3.21. The van der Waals surface area contributed by atoms with E-state index in [1.807, 2.05) is 6.92 Å². The van der Waals surface area contributed by atoms with E-state index in [1.165, 1.54) is 6.26 Å². The van der Waals surface area contributed by atoms with Crippen LogP contribution in [0.2, 0.25) is 0 Å². The minimum Gasteiger partial charge on any atom is -0.472 e. The Morgan fingerprint density at radius 3 is 2.56 bits per heavy atom. The standard InChI is InChI=1S/C16H24O9/c1-6-2-8(19)11-7(3-17)5-23-15(10(6)11)25-16-14(22)13(21)12(20)9(4-18)24-16/h3,5-6,8-16,18-22H,2,4H2,1H3. The maximum Gasteiger partial charge on any atom is 0.205 e. The molecule has 25 heavy (non-hydrogen) atoms. The number of hydrogen-bond acceptors (Lipinski definition) is 9. The Bertz CT molecular complexity index is 522. The minimum absolute atomic E-state index is 0.0152. The number of ether oxygens (including phenoxy) is 3. The fraction of sp³-hybridized carbons (Fsp3) is 0.812. The topological polar surface area (TPSA) is 146 Å². The van der Waals surface area contributed by atoms with Gasteiger partial charge in [0, 0.05) is 17.4 Å². The third-order valence-electron chi connectivity index (χ3n) is 5.39. The van der Waals surface area contributed by atoms with Crippen molar-refractivity contribution in [3.63, 3.8) is 0 Å². The highest BCUT2D eigenvalue weighted by molar-refractivity contribution is 5.74. The second-order valence-electron chi connectivity index (χ2n) is 6.96. The molecule has 0 spiro atoms. The van der Waals surface area contributed by atoms with Crippen LogP contribution in [0.1, 0.15) is 13.3 Å². The summed E-state index contributed by atoms with van der Waals surface area (Å²) >= 11 is 0. The summed E-state index contributed by atoms with van der Waals surface area (Å²) in [4.78, 5) is 11.2. The number of rotatable bonds is 4. The molecule has 2 aliphatic heterocycles. The van der Waals surface area contributed by atoms with Crippen LogP contribution >= 0.6 is 0 Å². The summed E-state index contributed by atoms with van der Waals surface area (Å²) in [5, 5.41) is 49.2. The molecule has 10 unspecified atom stereocenters. The number of carbonyl (C=O) groups is 1. The molecule has 3 aliphatic rings. The van der Waals surface area contributed by atoms with Crippen LogP contribution in [-0.2, 0) is 19.0 Å². The van der Waals surface area contributed by atoms with Crippen molar-refractivity contribution in [1.82, 2.24) is 0 Å². The van der Waals surface area contributed by atoms with Gasteiger partial charge in [-0.1, -0.05) is 6.92 Å². The van der Waals surface area contributed by atoms with E-state index in [1.54, 1.807) is 0 Å². The first kappa shape index (κ1) is 18.7. The summed E-state index contributed by atoms with van der Waals surface area (Å²) in [6, 6.07) is 0. The molecular formula is C16H24O9. The van der Waals surface area contributed by atoms with Gasteiger partial charge < -0.3 is 39.7 Å². The number of aldehydes is 1. The lowest BCUT2D eigenvalue weighted by Gasteiger charge is -2.43. The molecule has 0 bridgehead atoms. The van der Waals surface area contributed by atoms with Gasteiger partial charge in [-0.05, 0) is 12.3 Å². The van der Waals surface area contributed by atoms with Gasteiger partial charge >= 0.3 is 0 Å². The summed E-state index contributed by atoms with van der Waals surface area (Å²) < 4.78 is 16.5. The number of hydrogen-bond donors (Lipinski definition) is 5. The van der Waals surface area contributed by atoms with Gasteiger partial charge in [0.05, 0.1) is 19.0 Å². The number of fused-ring (bicyclic) bond motifs is 1. The normalized spacial score (nSPS) is 49.9. The molecule has 1 saturated carbocycles. The summed E-state index contributed by atoms with van der Waals surface area (Å²) in [6.07, 6.45) is -6.28. The first-order chi connectivity index (χ1) is 11.9. The molecule has 0 amide bonds. The van der Waals surface area contributed by atoms with Crippen molar-refractivity contribution in [3.05, 3.63) is 11.8 Å². The molecule has 1 aliphatic carbocycles. The second kappa shape index (κ2) is 7.28. The Balaban J connectivity index is 1.78. The van der Waals surface area contributed by atoms with E-state index in [-0.39, 0.29) is 11.8 Å². The van der Waals surface area contributed by atoms with Gasteiger partial charge in [-0.2, -0.15) is 0 Å². The van der Waals surface area contributed by atoms with Crippen LogP contribution in [0.25, 0.3) is 0 Å². The van der Waals surface area contributed by atoms with E-state index >= 15 is 0 Å². The molecule has 3 rings (SSSR count). The highest BCUT2D eigenvalue weighted by atomic mass is 16.8. The monoisotopic (exact) mass is 360 g/mol. The molecule has 0 aromatic rings. The lowest BCUT2D eigenvalue weighted by molar-refractivity contribution is -0.342. The minimum atomic E-state index is -1.55. The van der Waals surface area contributed by atoms with Gasteiger partial charge in [0.15, 0.2) is 6.29 Å². The van der Waals surface area contributed by atoms with Crippen LogP contribution in [0.15, 0.2) is 11.8 Å². The number of aliphatic hydroxyl groups is 5. The fourth-order valence-electron chi connectivity index (χ4n) is 4.03. The van der Waals surface area contributed by atoms with Gasteiger partial charge in [0.25, 0.3) is 0 Å². The predicted octanol–water partition coefficient (Wildman–Crippen LogP) is -2.12. The van der Waals surface area contributed by atoms with E-state index in [0.29, 0.717) is 18.3 Å². The molecule has 5 N–H and O–H groups in total. The van der Waals surface area contributed by atoms with Crippen molar-refractivity contribution < 1.29 is 44.5 Å². The molecule has 0 aromatic carbocycles. The van der Waals surface area contributed by atoms with Crippen molar-refractivity contribution in [2.24, 2.45) is 17.8 Å². The molecule has 2 heterocycles. The third-order valence-corrected chi connectivity index (χ3v) is 5.39. The van der Waals surface area contributed by atoms with E-state index < -0.39 is 55.6 Å². The molecule has 2 fully saturated rings. The van der Waals surface area contributed by atoms with Crippen LogP contribution in [-0.4, -0.2) is 81.5 Å². The van der Waals surface area contributed by atoms with Crippen molar-refractivity contribution >= 4 is 6.29 Å². The molecular weight excluding hydrogens is 336 g/mol. The average molecular weight is 360 g/mol. The van der Waals surface area contributed by atoms with Crippen molar-refractivity contribution in [2.75, 3.05) is 6.61 Å². The Morgan fingerprint density at radius 2 is 1.92 bits per heavy atom. The van der Waals surface area contributed by atoms with Crippen molar-refractivity contribution in [1.29, 1.82) is 0 Å². The smallest absolute Gasteiger partial charge is 0.205 e. The van der Waals surface area contributed by atoms with Crippen LogP contribution in [0, 0.1) is 17.8 Å². The van der Waals surface area contributed by atoms with Crippen LogP contribution < -0.4 is 0 Å². The quantitative estimate of drug-likeness (QED) is 0.355. The Labute approximate surface area is 144 Å². The number of carbonyl (C=O) groups excluding carboxylic acids is 1. The molecule has 0 aromatic heterocycles. The highest BCUT2D eigenvalue weighted by Crippen LogP contribution is 2.46. The molecule has 0 radical (unpaired) electrons. The van der Waals surface area contributed by atoms with Crippen molar-refractivity contribution in [3.8, 4) is 0 Å². The Kier molecular flexibility index (Phi) is 5.45. The van der Waals surface area contributed by atoms with Crippen LogP contribution in [0.4, 0.5) is 0 Å². The van der Waals surface area contributed by atoms with Gasteiger partial charge in [0.2, 0.25) is 6.29 Å². The summed E-state index contributed by atoms with van der Waals surface area (Å²) in [7, 11) is 0. The molecule has 1 saturated heterocycles. The van der Waals surface area contributed by atoms with Gasteiger partial charge in [0.1, 0.15) is 30.7 Å². The van der Waals surface area contributed by atoms with E-state index in [4.69, 9.17) is 14.2 Å². The lowest BCUT2D eigenvalue weighted by Crippen LogP contribution is -2.60. The molecule has 9 nitrogen and oxygen atoms in total. The molecule has 142 valence electrons. The average Bonchev–Trinajstić information content (AvgIpc) is 2.91. The Hall–Kier alpha value is -1.07. The zero-order chi connectivity index (χ0) is 18.3. The van der Waals surface area contributed by atoms with Crippen LogP contribution in [0.3, 0.4) is 0 Å². The lowest BCUT2D eigenvalue weighted by atomic mass is 9.83. The summed E-state index contributed by atoms with van der Waals surface area (Å²) in [5.41, 5.74) is 0.343. The van der Waals surface area contributed by atoms with Crippen LogP contribution in [0.5, 0.6) is 0 Å². The van der Waals surface area contributed by atoms with Gasteiger partial charge in [-0.3, -0.25) is 4.79 Å². The maximum absolute atomic E-state index is 11.2. The molecule has 10 atom stereocenters. The molecule has 9 heteroatoms. The largest absolute Gasteiger partial charge is 0.472 e. The van der Waals surface area contributed by atoms with Crippen molar-refractivity contribution in [2.45, 2.75) is 56.4 Å². The fourth-order valence-corrected chi connectivity index (χ4v) is 4.03. The maximum atomic E-state index is 11.2. The van der Waals surface area contributed by atoms with Gasteiger partial charge in [-0.25, -0.2) is 0 Å². The first-order valence-corrected chi connectivity index (χ1v) is 8.33. The van der Waals surface area contributed by atoms with E-state index in [9.17, 15) is 30.3 Å². The summed E-state index contributed by atoms with van der Waals surface area (Å²) in [6.45, 7) is 1.33.